The lowest BCUT2D eigenvalue weighted by molar-refractivity contribution is -0.166. The van der Waals surface area contributed by atoms with Crippen LogP contribution in [0.1, 0.15) is 220 Å². The first kappa shape index (κ1) is 53.1. The first-order valence-electron chi connectivity index (χ1n) is 23.3. The Balaban J connectivity index is 4.49. The van der Waals surface area contributed by atoms with Crippen LogP contribution in [0.5, 0.6) is 0 Å². The van der Waals surface area contributed by atoms with E-state index in [9.17, 15) is 14.4 Å². The third-order valence-electron chi connectivity index (χ3n) is 9.82. The Morgan fingerprint density at radius 2 is 0.696 bits per heavy atom. The molecule has 1 atom stereocenters. The summed E-state index contributed by atoms with van der Waals surface area (Å²) < 4.78 is 16.6. The first-order chi connectivity index (χ1) is 27.5. The number of carbonyl (C=O) groups is 3. The Hall–Kier alpha value is -2.89. The Morgan fingerprint density at radius 3 is 1.09 bits per heavy atom. The van der Waals surface area contributed by atoms with Crippen molar-refractivity contribution in [1.29, 1.82) is 0 Å². The Kier molecular flexibility index (Phi) is 42.5. The van der Waals surface area contributed by atoms with Gasteiger partial charge >= 0.3 is 17.9 Å². The van der Waals surface area contributed by atoms with Gasteiger partial charge in [-0.15, -0.1) is 0 Å². The van der Waals surface area contributed by atoms with Crippen molar-refractivity contribution in [2.75, 3.05) is 13.2 Å². The highest BCUT2D eigenvalue weighted by Crippen LogP contribution is 2.14. The summed E-state index contributed by atoms with van der Waals surface area (Å²) in [5.74, 6) is -1.04. The van der Waals surface area contributed by atoms with E-state index in [4.69, 9.17) is 14.2 Å². The monoisotopic (exact) mass is 783 g/mol. The van der Waals surface area contributed by atoms with Gasteiger partial charge in [0.15, 0.2) is 6.10 Å². The highest BCUT2D eigenvalue weighted by atomic mass is 16.6. The zero-order valence-corrected chi connectivity index (χ0v) is 36.6. The van der Waals surface area contributed by atoms with Crippen LogP contribution in [0.2, 0.25) is 0 Å². The zero-order valence-electron chi connectivity index (χ0n) is 36.6. The van der Waals surface area contributed by atoms with Crippen molar-refractivity contribution >= 4 is 17.9 Å². The fourth-order valence-corrected chi connectivity index (χ4v) is 6.34. The second kappa shape index (κ2) is 44.8. The van der Waals surface area contributed by atoms with Gasteiger partial charge in [-0.1, -0.05) is 216 Å². The second-order valence-corrected chi connectivity index (χ2v) is 15.3. The van der Waals surface area contributed by atoms with Gasteiger partial charge in [0, 0.05) is 12.8 Å². The molecular weight excluding hydrogens is 697 g/mol. The molecule has 1 unspecified atom stereocenters. The highest BCUT2D eigenvalue weighted by molar-refractivity contribution is 5.72. The summed E-state index contributed by atoms with van der Waals surface area (Å²) >= 11 is 0. The molecule has 6 heteroatoms. The third-order valence-corrected chi connectivity index (χ3v) is 9.82. The van der Waals surface area contributed by atoms with Crippen molar-refractivity contribution < 1.29 is 28.6 Å². The van der Waals surface area contributed by atoms with Gasteiger partial charge in [-0.3, -0.25) is 14.4 Å². The van der Waals surface area contributed by atoms with E-state index in [2.05, 4.69) is 69.4 Å². The standard InChI is InChI=1S/C50H86O6/c1-4-7-10-13-16-19-22-24-25-26-29-31-34-37-40-43-49(52)55-46-47(45-54-48(51)42-39-36-33-30-27-21-18-15-12-9-6-3)56-50(53)44-41-38-35-32-28-23-20-17-14-11-8-5-2/h7,10,16,19,24-25,29,31,37,40,47H,4-6,8-9,11-15,17-18,20-23,26-28,30,32-36,38-39,41-46H2,1-3H3/b10-7-,19-16-,25-24-,31-29-,40-37-. The number of esters is 3. The quantitative estimate of drug-likeness (QED) is 0.0266. The Labute approximate surface area is 345 Å². The maximum Gasteiger partial charge on any atom is 0.309 e. The molecule has 0 aromatic rings. The maximum absolute atomic E-state index is 12.7. The van der Waals surface area contributed by atoms with E-state index in [1.807, 2.05) is 6.08 Å². The van der Waals surface area contributed by atoms with Crippen LogP contribution in [0, 0.1) is 0 Å². The molecule has 56 heavy (non-hydrogen) atoms. The molecule has 0 amide bonds. The Bertz CT molecular complexity index is 1040. The van der Waals surface area contributed by atoms with Crippen molar-refractivity contribution in [3.05, 3.63) is 60.8 Å². The maximum atomic E-state index is 12.7. The zero-order chi connectivity index (χ0) is 40.8. The van der Waals surface area contributed by atoms with Crippen LogP contribution in [0.3, 0.4) is 0 Å². The molecule has 322 valence electrons. The number of allylic oxidation sites excluding steroid dienone is 9. The summed E-state index contributed by atoms with van der Waals surface area (Å²) in [7, 11) is 0. The number of unbranched alkanes of at least 4 members (excludes halogenated alkanes) is 21. The lowest BCUT2D eigenvalue weighted by Gasteiger charge is -2.18. The lowest BCUT2D eigenvalue weighted by atomic mass is 10.0. The summed E-state index contributed by atoms with van der Waals surface area (Å²) in [6.45, 7) is 6.41. The van der Waals surface area contributed by atoms with Gasteiger partial charge in [0.2, 0.25) is 0 Å². The molecule has 0 rings (SSSR count). The SMILES string of the molecule is CC/C=C\C/C=C\C/C=C\C/C=C\C/C=C\CC(=O)OCC(COC(=O)CCCCCCCCCCCCC)OC(=O)CCCCCCCCCCCCCC. The van der Waals surface area contributed by atoms with Crippen molar-refractivity contribution in [2.24, 2.45) is 0 Å². The fourth-order valence-electron chi connectivity index (χ4n) is 6.34. The smallest absolute Gasteiger partial charge is 0.309 e. The largest absolute Gasteiger partial charge is 0.462 e. The molecule has 0 bridgehead atoms. The summed E-state index contributed by atoms with van der Waals surface area (Å²) in [4.78, 5) is 37.7. The molecule has 0 N–H and O–H groups in total. The summed E-state index contributed by atoms with van der Waals surface area (Å²) in [6, 6.07) is 0. The van der Waals surface area contributed by atoms with E-state index in [1.54, 1.807) is 6.08 Å². The summed E-state index contributed by atoms with van der Waals surface area (Å²) in [5, 5.41) is 0. The van der Waals surface area contributed by atoms with Gasteiger partial charge < -0.3 is 14.2 Å². The van der Waals surface area contributed by atoms with Gasteiger partial charge in [0.1, 0.15) is 13.2 Å². The highest BCUT2D eigenvalue weighted by Gasteiger charge is 2.19. The first-order valence-corrected chi connectivity index (χ1v) is 23.3. The number of rotatable bonds is 41. The summed E-state index contributed by atoms with van der Waals surface area (Å²) in [6.07, 6.45) is 53.7. The average molecular weight is 783 g/mol. The van der Waals surface area contributed by atoms with Crippen LogP contribution in [-0.4, -0.2) is 37.2 Å². The van der Waals surface area contributed by atoms with Crippen molar-refractivity contribution in [3.8, 4) is 0 Å². The van der Waals surface area contributed by atoms with Crippen LogP contribution >= 0.6 is 0 Å². The van der Waals surface area contributed by atoms with Crippen LogP contribution in [-0.2, 0) is 28.6 Å². The van der Waals surface area contributed by atoms with Gasteiger partial charge in [-0.05, 0) is 44.9 Å². The molecule has 0 saturated heterocycles. The van der Waals surface area contributed by atoms with E-state index < -0.39 is 12.1 Å². The van der Waals surface area contributed by atoms with Crippen LogP contribution in [0.15, 0.2) is 60.8 Å². The average Bonchev–Trinajstić information content (AvgIpc) is 3.19. The van der Waals surface area contributed by atoms with Crippen LogP contribution in [0.4, 0.5) is 0 Å². The van der Waals surface area contributed by atoms with E-state index in [0.29, 0.717) is 12.8 Å². The minimum atomic E-state index is -0.807. The molecule has 0 aliphatic rings. The van der Waals surface area contributed by atoms with E-state index in [0.717, 1.165) is 70.6 Å². The van der Waals surface area contributed by atoms with Crippen molar-refractivity contribution in [2.45, 2.75) is 226 Å². The van der Waals surface area contributed by atoms with E-state index >= 15 is 0 Å². The molecule has 0 spiro atoms. The fraction of sp³-hybridized carbons (Fsp3) is 0.740. The number of ether oxygens (including phenoxy) is 3. The van der Waals surface area contributed by atoms with Gasteiger partial charge in [-0.2, -0.15) is 0 Å². The number of hydrogen-bond donors (Lipinski definition) is 0. The normalized spacial score (nSPS) is 12.6. The summed E-state index contributed by atoms with van der Waals surface area (Å²) in [5.41, 5.74) is 0. The lowest BCUT2D eigenvalue weighted by Crippen LogP contribution is -2.30. The molecule has 0 aliphatic heterocycles. The van der Waals surface area contributed by atoms with Crippen molar-refractivity contribution in [1.82, 2.24) is 0 Å². The van der Waals surface area contributed by atoms with Crippen LogP contribution < -0.4 is 0 Å². The van der Waals surface area contributed by atoms with Crippen LogP contribution in [0.25, 0.3) is 0 Å². The molecule has 0 fully saturated rings. The Morgan fingerprint density at radius 1 is 0.375 bits per heavy atom. The van der Waals surface area contributed by atoms with Gasteiger partial charge in [-0.25, -0.2) is 0 Å². The predicted molar refractivity (Wildman–Crippen MR) is 238 cm³/mol. The third kappa shape index (κ3) is 42.3. The van der Waals surface area contributed by atoms with Gasteiger partial charge in [0.25, 0.3) is 0 Å². The van der Waals surface area contributed by atoms with E-state index in [-0.39, 0.29) is 31.6 Å². The minimum Gasteiger partial charge on any atom is -0.462 e. The van der Waals surface area contributed by atoms with E-state index in [1.165, 1.54) is 109 Å². The molecule has 0 aromatic heterocycles. The van der Waals surface area contributed by atoms with Gasteiger partial charge in [0.05, 0.1) is 6.42 Å². The topological polar surface area (TPSA) is 78.9 Å². The molecule has 0 heterocycles. The predicted octanol–water partition coefficient (Wildman–Crippen LogP) is 14.9. The molecule has 0 radical (unpaired) electrons. The number of carbonyl (C=O) groups excluding carboxylic acids is 3. The minimum absolute atomic E-state index is 0.101. The second-order valence-electron chi connectivity index (χ2n) is 15.3. The molecule has 6 nitrogen and oxygen atoms in total. The number of hydrogen-bond acceptors (Lipinski definition) is 6. The molecule has 0 saturated carbocycles. The van der Waals surface area contributed by atoms with Crippen molar-refractivity contribution in [3.63, 3.8) is 0 Å². The molecule has 0 aromatic carbocycles. The molecular formula is C50H86O6. The molecule has 0 aliphatic carbocycles.